The van der Waals surface area contributed by atoms with Crippen molar-refractivity contribution in [2.45, 2.75) is 13.0 Å². The predicted molar refractivity (Wildman–Crippen MR) is 91.6 cm³/mol. The maximum absolute atomic E-state index is 9.63. The Bertz CT molecular complexity index is 719. The van der Waals surface area contributed by atoms with Crippen molar-refractivity contribution in [1.29, 1.82) is 0 Å². The molecule has 0 fully saturated rings. The van der Waals surface area contributed by atoms with Gasteiger partial charge in [-0.15, -0.1) is 0 Å². The number of hydrogen-bond acceptors (Lipinski definition) is 3. The summed E-state index contributed by atoms with van der Waals surface area (Å²) >= 11 is 11.3. The van der Waals surface area contributed by atoms with E-state index in [9.17, 15) is 10.2 Å². The monoisotopic (exact) mass is 334 g/mol. The Morgan fingerprint density at radius 3 is 2.41 bits per heavy atom. The van der Waals surface area contributed by atoms with Crippen molar-refractivity contribution < 1.29 is 10.2 Å². The highest BCUT2D eigenvalue weighted by Crippen LogP contribution is 2.31. The first-order valence-electron chi connectivity index (χ1n) is 6.88. The normalized spacial score (nSPS) is 13.6. The van der Waals surface area contributed by atoms with Gasteiger partial charge in [0.15, 0.2) is 16.6 Å². The number of halogens is 1. The fraction of sp³-hybridized carbons (Fsp3) is 0.188. The fourth-order valence-corrected chi connectivity index (χ4v) is 2.89. The molecule has 2 aromatic rings. The summed E-state index contributed by atoms with van der Waals surface area (Å²) in [5, 5.41) is 23.7. The molecule has 1 heterocycles. The van der Waals surface area contributed by atoms with Crippen LogP contribution < -0.4 is 5.32 Å². The molecule has 0 unspecified atom stereocenters. The first-order valence-corrected chi connectivity index (χ1v) is 7.67. The van der Waals surface area contributed by atoms with Crippen LogP contribution in [0.25, 0.3) is 0 Å². The standard InChI is InChI=1S/C16H15ClN2O2S/c17-12-1-3-13(4-2-12)18-16(22)19-6-5-10-7-14(20)15(21)8-11(10)9-19/h1-4,7-8,20-21H,5-6,9H2,(H,18,22). The highest BCUT2D eigenvalue weighted by Gasteiger charge is 2.20. The molecule has 0 spiro atoms. The van der Waals surface area contributed by atoms with Gasteiger partial charge in [-0.3, -0.25) is 0 Å². The van der Waals surface area contributed by atoms with E-state index in [-0.39, 0.29) is 11.5 Å². The molecule has 114 valence electrons. The average Bonchev–Trinajstić information content (AvgIpc) is 2.50. The van der Waals surface area contributed by atoms with Crippen molar-refractivity contribution in [3.63, 3.8) is 0 Å². The number of benzene rings is 2. The molecule has 22 heavy (non-hydrogen) atoms. The number of anilines is 1. The first-order chi connectivity index (χ1) is 10.5. The van der Waals surface area contributed by atoms with Gasteiger partial charge in [-0.05, 0) is 66.2 Å². The number of phenols is 2. The smallest absolute Gasteiger partial charge is 0.173 e. The van der Waals surface area contributed by atoms with Gasteiger partial charge < -0.3 is 20.4 Å². The number of aromatic hydroxyl groups is 2. The zero-order chi connectivity index (χ0) is 15.7. The lowest BCUT2D eigenvalue weighted by Gasteiger charge is -2.31. The quantitative estimate of drug-likeness (QED) is 0.550. The van der Waals surface area contributed by atoms with Gasteiger partial charge in [0.25, 0.3) is 0 Å². The van der Waals surface area contributed by atoms with Crippen molar-refractivity contribution in [1.82, 2.24) is 4.90 Å². The number of rotatable bonds is 1. The third kappa shape index (κ3) is 3.10. The molecular formula is C16H15ClN2O2S. The Morgan fingerprint density at radius 2 is 1.73 bits per heavy atom. The topological polar surface area (TPSA) is 55.7 Å². The Morgan fingerprint density at radius 1 is 1.09 bits per heavy atom. The lowest BCUT2D eigenvalue weighted by atomic mass is 9.99. The third-order valence-electron chi connectivity index (χ3n) is 3.69. The maximum Gasteiger partial charge on any atom is 0.173 e. The summed E-state index contributed by atoms with van der Waals surface area (Å²) in [6.45, 7) is 1.36. The second-order valence-electron chi connectivity index (χ2n) is 5.22. The van der Waals surface area contributed by atoms with Crippen LogP contribution in [0.15, 0.2) is 36.4 Å². The van der Waals surface area contributed by atoms with Gasteiger partial charge in [0.2, 0.25) is 0 Å². The van der Waals surface area contributed by atoms with Crippen LogP contribution in [0.2, 0.25) is 5.02 Å². The number of phenolic OH excluding ortho intramolecular Hbond substituents is 2. The Kier molecular flexibility index (Phi) is 4.09. The van der Waals surface area contributed by atoms with Crippen LogP contribution in [-0.4, -0.2) is 26.8 Å². The minimum atomic E-state index is -0.0998. The van der Waals surface area contributed by atoms with Crippen LogP contribution in [0.5, 0.6) is 11.5 Å². The van der Waals surface area contributed by atoms with Gasteiger partial charge in [-0.2, -0.15) is 0 Å². The van der Waals surface area contributed by atoms with Crippen molar-refractivity contribution in [3.05, 3.63) is 52.5 Å². The van der Waals surface area contributed by atoms with Crippen LogP contribution >= 0.6 is 23.8 Å². The fourth-order valence-electron chi connectivity index (χ4n) is 2.49. The Labute approximate surface area is 139 Å². The molecule has 0 aromatic heterocycles. The molecule has 6 heteroatoms. The molecule has 0 saturated heterocycles. The molecule has 0 atom stereocenters. The molecule has 0 amide bonds. The van der Waals surface area contributed by atoms with E-state index in [1.807, 2.05) is 17.0 Å². The summed E-state index contributed by atoms with van der Waals surface area (Å²) in [5.74, 6) is -0.175. The minimum Gasteiger partial charge on any atom is -0.504 e. The summed E-state index contributed by atoms with van der Waals surface area (Å²) in [7, 11) is 0. The lowest BCUT2D eigenvalue weighted by molar-refractivity contribution is 0.382. The lowest BCUT2D eigenvalue weighted by Crippen LogP contribution is -2.38. The number of hydrogen-bond donors (Lipinski definition) is 3. The summed E-state index contributed by atoms with van der Waals surface area (Å²) in [5.41, 5.74) is 2.90. The summed E-state index contributed by atoms with van der Waals surface area (Å²) < 4.78 is 0. The molecule has 0 saturated carbocycles. The average molecular weight is 335 g/mol. The van der Waals surface area contributed by atoms with Crippen LogP contribution in [0, 0.1) is 0 Å². The molecule has 3 N–H and O–H groups in total. The zero-order valence-corrected chi connectivity index (χ0v) is 13.3. The van der Waals surface area contributed by atoms with Crippen molar-refractivity contribution in [3.8, 4) is 11.5 Å². The Balaban J connectivity index is 1.72. The molecule has 0 radical (unpaired) electrons. The van der Waals surface area contributed by atoms with Gasteiger partial charge in [0.05, 0.1) is 0 Å². The van der Waals surface area contributed by atoms with Gasteiger partial charge >= 0.3 is 0 Å². The van der Waals surface area contributed by atoms with Crippen LogP contribution in [0.4, 0.5) is 5.69 Å². The van der Waals surface area contributed by atoms with E-state index >= 15 is 0 Å². The van der Waals surface area contributed by atoms with E-state index in [1.54, 1.807) is 24.3 Å². The first kappa shape index (κ1) is 14.9. The predicted octanol–water partition coefficient (Wildman–Crippen LogP) is 3.51. The maximum atomic E-state index is 9.63. The zero-order valence-electron chi connectivity index (χ0n) is 11.7. The van der Waals surface area contributed by atoms with Crippen molar-refractivity contribution in [2.75, 3.05) is 11.9 Å². The number of nitrogens with one attached hydrogen (secondary N) is 1. The molecule has 0 aliphatic carbocycles. The summed E-state index contributed by atoms with van der Waals surface area (Å²) in [4.78, 5) is 2.03. The largest absolute Gasteiger partial charge is 0.504 e. The van der Waals surface area contributed by atoms with Gasteiger partial charge in [0.1, 0.15) is 0 Å². The van der Waals surface area contributed by atoms with Gasteiger partial charge in [-0.1, -0.05) is 11.6 Å². The molecule has 1 aliphatic rings. The summed E-state index contributed by atoms with van der Waals surface area (Å²) in [6.07, 6.45) is 0.769. The number of thiocarbonyl (C=S) groups is 1. The second-order valence-corrected chi connectivity index (χ2v) is 6.04. The highest BCUT2D eigenvalue weighted by molar-refractivity contribution is 7.80. The SMILES string of the molecule is Oc1cc2c(cc1O)CN(C(=S)Nc1ccc(Cl)cc1)CC2. The van der Waals surface area contributed by atoms with Crippen LogP contribution in [0.3, 0.4) is 0 Å². The van der Waals surface area contributed by atoms with Crippen molar-refractivity contribution >= 4 is 34.6 Å². The molecule has 1 aliphatic heterocycles. The third-order valence-corrected chi connectivity index (χ3v) is 4.30. The van der Waals surface area contributed by atoms with E-state index in [2.05, 4.69) is 5.32 Å². The molecule has 2 aromatic carbocycles. The van der Waals surface area contributed by atoms with Crippen LogP contribution in [0.1, 0.15) is 11.1 Å². The molecule has 0 bridgehead atoms. The van der Waals surface area contributed by atoms with Crippen LogP contribution in [-0.2, 0) is 13.0 Å². The second kappa shape index (κ2) is 6.02. The van der Waals surface area contributed by atoms with E-state index in [1.165, 1.54) is 0 Å². The molecular weight excluding hydrogens is 320 g/mol. The van der Waals surface area contributed by atoms with E-state index in [0.29, 0.717) is 16.7 Å². The van der Waals surface area contributed by atoms with E-state index < -0.39 is 0 Å². The minimum absolute atomic E-state index is 0.0749. The number of nitrogens with zero attached hydrogens (tertiary/aromatic N) is 1. The molecule has 4 nitrogen and oxygen atoms in total. The van der Waals surface area contributed by atoms with Gasteiger partial charge in [0, 0.05) is 23.8 Å². The number of fused-ring (bicyclic) bond motifs is 1. The molecule has 3 rings (SSSR count). The summed E-state index contributed by atoms with van der Waals surface area (Å²) in [6, 6.07) is 10.6. The van der Waals surface area contributed by atoms with Crippen molar-refractivity contribution in [2.24, 2.45) is 0 Å². The Hall–Kier alpha value is -1.98. The highest BCUT2D eigenvalue weighted by atomic mass is 35.5. The van der Waals surface area contributed by atoms with E-state index in [0.717, 1.165) is 29.8 Å². The van der Waals surface area contributed by atoms with Gasteiger partial charge in [-0.25, -0.2) is 0 Å². The van der Waals surface area contributed by atoms with E-state index in [4.69, 9.17) is 23.8 Å².